The largest absolute Gasteiger partial charge is 0.141 e. The molecule has 0 nitrogen and oxygen atoms in total. The SMILES string of the molecule is Cc1ccc(-c2ccc(-c3ccc(-c4ccc(C)s4)c4ccccc34)c3ccccc23)s1. The van der Waals surface area contributed by atoms with E-state index >= 15 is 0 Å². The predicted octanol–water partition coefficient (Wildman–Crippen LogP) is 9.73. The highest BCUT2D eigenvalue weighted by Crippen LogP contribution is 2.42. The van der Waals surface area contributed by atoms with Crippen LogP contribution in [0, 0.1) is 13.8 Å². The van der Waals surface area contributed by atoms with Crippen LogP contribution in [-0.4, -0.2) is 0 Å². The van der Waals surface area contributed by atoms with E-state index in [9.17, 15) is 0 Å². The lowest BCUT2D eigenvalue weighted by molar-refractivity contribution is 1.64. The molecule has 0 N–H and O–H groups in total. The summed E-state index contributed by atoms with van der Waals surface area (Å²) >= 11 is 3.73. The Labute approximate surface area is 196 Å². The smallest absolute Gasteiger partial charge is 0.0351 e. The number of fused-ring (bicyclic) bond motifs is 2. The van der Waals surface area contributed by atoms with Gasteiger partial charge >= 0.3 is 0 Å². The second kappa shape index (κ2) is 7.74. The van der Waals surface area contributed by atoms with Gasteiger partial charge in [-0.2, -0.15) is 0 Å². The summed E-state index contributed by atoms with van der Waals surface area (Å²) in [7, 11) is 0. The van der Waals surface area contributed by atoms with E-state index in [0.29, 0.717) is 0 Å². The lowest BCUT2D eigenvalue weighted by Crippen LogP contribution is -1.88. The summed E-state index contributed by atoms with van der Waals surface area (Å²) in [6.07, 6.45) is 0. The molecule has 2 heteroatoms. The Morgan fingerprint density at radius 3 is 1.06 bits per heavy atom. The van der Waals surface area contributed by atoms with E-state index in [1.165, 1.54) is 63.3 Å². The van der Waals surface area contributed by atoms with E-state index in [0.717, 1.165) is 0 Å². The van der Waals surface area contributed by atoms with Gasteiger partial charge in [-0.3, -0.25) is 0 Å². The molecule has 0 radical (unpaired) electrons. The number of aryl methyl sites for hydroxylation is 2. The molecular weight excluding hydrogens is 424 g/mol. The summed E-state index contributed by atoms with van der Waals surface area (Å²) in [5.74, 6) is 0. The summed E-state index contributed by atoms with van der Waals surface area (Å²) in [6.45, 7) is 4.35. The summed E-state index contributed by atoms with van der Waals surface area (Å²) < 4.78 is 0. The first-order valence-corrected chi connectivity index (χ1v) is 12.5. The Bertz CT molecular complexity index is 1470. The van der Waals surface area contributed by atoms with Crippen molar-refractivity contribution in [3.63, 3.8) is 0 Å². The Morgan fingerprint density at radius 1 is 0.375 bits per heavy atom. The van der Waals surface area contributed by atoms with E-state index in [4.69, 9.17) is 0 Å². The molecule has 0 aliphatic heterocycles. The fourth-order valence-corrected chi connectivity index (χ4v) is 6.47. The summed E-state index contributed by atoms with van der Waals surface area (Å²) in [4.78, 5) is 5.36. The van der Waals surface area contributed by atoms with Crippen molar-refractivity contribution in [1.82, 2.24) is 0 Å². The van der Waals surface area contributed by atoms with Gasteiger partial charge in [0, 0.05) is 19.5 Å². The van der Waals surface area contributed by atoms with Gasteiger partial charge in [0.05, 0.1) is 0 Å². The molecule has 0 amide bonds. The van der Waals surface area contributed by atoms with Crippen LogP contribution in [0.4, 0.5) is 0 Å². The van der Waals surface area contributed by atoms with Gasteiger partial charge in [0.1, 0.15) is 0 Å². The van der Waals surface area contributed by atoms with Crippen molar-refractivity contribution in [3.05, 3.63) is 107 Å². The molecule has 0 atom stereocenters. The molecule has 0 saturated carbocycles. The molecule has 0 fully saturated rings. The first-order valence-electron chi connectivity index (χ1n) is 10.9. The zero-order chi connectivity index (χ0) is 21.7. The quantitative estimate of drug-likeness (QED) is 0.254. The summed E-state index contributed by atoms with van der Waals surface area (Å²) in [5, 5.41) is 5.24. The Balaban J connectivity index is 1.61. The lowest BCUT2D eigenvalue weighted by Gasteiger charge is -2.15. The van der Waals surface area contributed by atoms with Crippen molar-refractivity contribution < 1.29 is 0 Å². The Morgan fingerprint density at radius 2 is 0.719 bits per heavy atom. The topological polar surface area (TPSA) is 0 Å². The molecule has 6 aromatic rings. The van der Waals surface area contributed by atoms with Gasteiger partial charge in [0.15, 0.2) is 0 Å². The molecule has 0 bridgehead atoms. The monoisotopic (exact) mass is 446 g/mol. The van der Waals surface area contributed by atoms with Crippen LogP contribution >= 0.6 is 22.7 Å². The normalized spacial score (nSPS) is 11.4. The second-order valence-corrected chi connectivity index (χ2v) is 10.8. The molecule has 0 aliphatic carbocycles. The minimum absolute atomic E-state index is 1.29. The Kier molecular flexibility index (Phi) is 4.71. The van der Waals surface area contributed by atoms with Crippen molar-refractivity contribution in [2.75, 3.05) is 0 Å². The van der Waals surface area contributed by atoms with E-state index in [1.54, 1.807) is 0 Å². The molecular formula is C30H22S2. The highest BCUT2D eigenvalue weighted by molar-refractivity contribution is 7.15. The van der Waals surface area contributed by atoms with Gasteiger partial charge in [0.2, 0.25) is 0 Å². The average molecular weight is 447 g/mol. The van der Waals surface area contributed by atoms with Crippen LogP contribution in [0.5, 0.6) is 0 Å². The standard InChI is InChI=1S/C30H22S2/c1-19-11-17-29(31-19)27-15-13-25(21-7-3-5-9-23(21)27)26-14-16-28(30-18-12-20(2)32-30)24-10-6-4-8-22(24)26/h3-18H,1-2H3. The van der Waals surface area contributed by atoms with E-state index in [-0.39, 0.29) is 0 Å². The third kappa shape index (κ3) is 3.19. The van der Waals surface area contributed by atoms with Crippen LogP contribution in [0.25, 0.3) is 53.6 Å². The molecule has 6 rings (SSSR count). The van der Waals surface area contributed by atoms with Crippen molar-refractivity contribution in [2.24, 2.45) is 0 Å². The lowest BCUT2D eigenvalue weighted by atomic mass is 9.90. The first kappa shape index (κ1) is 19.5. The summed E-state index contributed by atoms with van der Waals surface area (Å²) in [5.41, 5.74) is 5.22. The fraction of sp³-hybridized carbons (Fsp3) is 0.0667. The third-order valence-electron chi connectivity index (χ3n) is 6.15. The van der Waals surface area contributed by atoms with Crippen LogP contribution in [-0.2, 0) is 0 Å². The van der Waals surface area contributed by atoms with Gasteiger partial charge in [-0.15, -0.1) is 22.7 Å². The van der Waals surface area contributed by atoms with Gasteiger partial charge in [-0.1, -0.05) is 72.8 Å². The maximum absolute atomic E-state index is 2.31. The molecule has 2 aromatic heterocycles. The first-order chi connectivity index (χ1) is 15.7. The van der Waals surface area contributed by atoms with Crippen molar-refractivity contribution in [3.8, 4) is 32.0 Å². The molecule has 0 unspecified atom stereocenters. The summed E-state index contributed by atoms with van der Waals surface area (Å²) in [6, 6.07) is 35.8. The van der Waals surface area contributed by atoms with Crippen molar-refractivity contribution >= 4 is 44.2 Å². The zero-order valence-corrected chi connectivity index (χ0v) is 19.7. The number of hydrogen-bond donors (Lipinski definition) is 0. The van der Waals surface area contributed by atoms with E-state index in [1.807, 2.05) is 22.7 Å². The highest BCUT2D eigenvalue weighted by Gasteiger charge is 2.14. The van der Waals surface area contributed by atoms with Gasteiger partial charge < -0.3 is 0 Å². The number of thiophene rings is 2. The second-order valence-electron chi connectivity index (χ2n) is 8.23. The van der Waals surface area contributed by atoms with E-state index < -0.39 is 0 Å². The molecule has 4 aromatic carbocycles. The van der Waals surface area contributed by atoms with Crippen molar-refractivity contribution in [1.29, 1.82) is 0 Å². The zero-order valence-electron chi connectivity index (χ0n) is 18.1. The van der Waals surface area contributed by atoms with Gasteiger partial charge in [-0.25, -0.2) is 0 Å². The molecule has 0 aliphatic rings. The van der Waals surface area contributed by atoms with Crippen LogP contribution in [0.1, 0.15) is 9.75 Å². The number of benzene rings is 4. The molecule has 2 heterocycles. The maximum Gasteiger partial charge on any atom is 0.0351 e. The average Bonchev–Trinajstić information content (AvgIpc) is 3.46. The number of rotatable bonds is 3. The molecule has 0 saturated heterocycles. The minimum atomic E-state index is 1.29. The Hall–Kier alpha value is -3.20. The van der Waals surface area contributed by atoms with Gasteiger partial charge in [0.25, 0.3) is 0 Å². The van der Waals surface area contributed by atoms with Gasteiger partial charge in [-0.05, 0) is 81.9 Å². The third-order valence-corrected chi connectivity index (χ3v) is 8.22. The van der Waals surface area contributed by atoms with Crippen LogP contribution in [0.15, 0.2) is 97.1 Å². The molecule has 32 heavy (non-hydrogen) atoms. The van der Waals surface area contributed by atoms with E-state index in [2.05, 4.69) is 111 Å². The number of hydrogen-bond acceptors (Lipinski definition) is 2. The highest BCUT2D eigenvalue weighted by atomic mass is 32.1. The van der Waals surface area contributed by atoms with Crippen LogP contribution in [0.2, 0.25) is 0 Å². The maximum atomic E-state index is 2.31. The molecule has 154 valence electrons. The van der Waals surface area contributed by atoms with Crippen LogP contribution < -0.4 is 0 Å². The fourth-order valence-electron chi connectivity index (χ4n) is 4.66. The predicted molar refractivity (Wildman–Crippen MR) is 143 cm³/mol. The molecule has 0 spiro atoms. The van der Waals surface area contributed by atoms with Crippen molar-refractivity contribution in [2.45, 2.75) is 13.8 Å². The van der Waals surface area contributed by atoms with Crippen LogP contribution in [0.3, 0.4) is 0 Å². The minimum Gasteiger partial charge on any atom is -0.141 e.